The average Bonchev–Trinajstić information content (AvgIpc) is 2.68. The highest BCUT2D eigenvalue weighted by atomic mass is 19.1. The fourth-order valence-corrected chi connectivity index (χ4v) is 3.83. The van der Waals surface area contributed by atoms with Gasteiger partial charge in [-0.05, 0) is 71.8 Å². The topological polar surface area (TPSA) is 68.8 Å². The van der Waals surface area contributed by atoms with Crippen molar-refractivity contribution in [2.45, 2.75) is 71.6 Å². The number of halogens is 1. The molecule has 0 heterocycles. The van der Waals surface area contributed by atoms with Gasteiger partial charge >= 0.3 is 0 Å². The van der Waals surface area contributed by atoms with Gasteiger partial charge < -0.3 is 20.9 Å². The minimum absolute atomic E-state index is 0.0483. The molecule has 30 heavy (non-hydrogen) atoms. The van der Waals surface area contributed by atoms with E-state index >= 15 is 0 Å². The van der Waals surface area contributed by atoms with Gasteiger partial charge in [-0.3, -0.25) is 4.79 Å². The number of nitrogens with one attached hydrogen (secondary N) is 3. The summed E-state index contributed by atoms with van der Waals surface area (Å²) in [6, 6.07) is 5.57. The maximum atomic E-state index is 14.0. The first-order chi connectivity index (χ1) is 14.3. The van der Waals surface area contributed by atoms with Gasteiger partial charge in [0.05, 0.1) is 6.54 Å². The highest BCUT2D eigenvalue weighted by molar-refractivity contribution is 5.81. The molecule has 0 bridgehead atoms. The average molecular weight is 420 g/mol. The zero-order chi connectivity index (χ0) is 22.1. The quantitative estimate of drug-likeness (QED) is 0.448. The molecule has 0 saturated heterocycles. The van der Waals surface area contributed by atoms with E-state index in [0.717, 1.165) is 43.8 Å². The van der Waals surface area contributed by atoms with E-state index in [0.29, 0.717) is 18.7 Å². The van der Waals surface area contributed by atoms with Gasteiger partial charge in [-0.15, -0.1) is 0 Å². The molecule has 2 unspecified atom stereocenters. The Balaban J connectivity index is 2.01. The molecule has 1 amide bonds. The molecule has 1 aliphatic carbocycles. The first-order valence-corrected chi connectivity index (χ1v) is 11.1. The van der Waals surface area contributed by atoms with Crippen LogP contribution in [0.2, 0.25) is 0 Å². The Bertz CT molecular complexity index is 720. The third-order valence-electron chi connectivity index (χ3n) is 5.18. The largest absolute Gasteiger partial charge is 0.357 e. The Morgan fingerprint density at radius 1 is 1.30 bits per heavy atom. The van der Waals surface area contributed by atoms with Gasteiger partial charge in [0.1, 0.15) is 5.82 Å². The summed E-state index contributed by atoms with van der Waals surface area (Å²) in [6.07, 6.45) is 3.81. The second kappa shape index (κ2) is 11.9. The van der Waals surface area contributed by atoms with Crippen LogP contribution in [0.25, 0.3) is 0 Å². The Labute approximate surface area is 180 Å². The van der Waals surface area contributed by atoms with Crippen LogP contribution in [0.3, 0.4) is 0 Å². The summed E-state index contributed by atoms with van der Waals surface area (Å²) in [5.74, 6) is 0.755. The van der Waals surface area contributed by atoms with Crippen LogP contribution in [-0.4, -0.2) is 49.5 Å². The monoisotopic (exact) mass is 419 g/mol. The third-order valence-corrected chi connectivity index (χ3v) is 5.18. The summed E-state index contributed by atoms with van der Waals surface area (Å²) in [5.41, 5.74) is 1.65. The van der Waals surface area contributed by atoms with Gasteiger partial charge in [0.2, 0.25) is 5.91 Å². The molecule has 0 aliphatic heterocycles. The molecule has 1 aliphatic rings. The standard InChI is InChI=1S/C23H38FN5O/c1-6-25-23(26-14-17-10-11-21(24)19(12-17)15-29(4)5)28-20-9-7-8-18(13-20)22(30)27-16(2)3/h10-12,16,18,20H,6-9,13-15H2,1-5H3,(H,27,30)(H2,25,26,28). The van der Waals surface area contributed by atoms with Crippen LogP contribution in [0.4, 0.5) is 4.39 Å². The van der Waals surface area contributed by atoms with E-state index in [9.17, 15) is 9.18 Å². The van der Waals surface area contributed by atoms with E-state index in [1.807, 2.05) is 45.8 Å². The lowest BCUT2D eigenvalue weighted by Crippen LogP contribution is -2.47. The van der Waals surface area contributed by atoms with Crippen LogP contribution >= 0.6 is 0 Å². The molecule has 2 atom stereocenters. The molecule has 0 aromatic heterocycles. The second-order valence-corrected chi connectivity index (χ2v) is 8.73. The molecular formula is C23H38FN5O. The summed E-state index contributed by atoms with van der Waals surface area (Å²) < 4.78 is 14.0. The van der Waals surface area contributed by atoms with E-state index in [1.165, 1.54) is 6.07 Å². The van der Waals surface area contributed by atoms with Crippen LogP contribution in [-0.2, 0) is 17.9 Å². The van der Waals surface area contributed by atoms with Gasteiger partial charge in [-0.1, -0.05) is 12.5 Å². The van der Waals surface area contributed by atoms with Crippen LogP contribution in [0.15, 0.2) is 23.2 Å². The maximum Gasteiger partial charge on any atom is 0.223 e. The fraction of sp³-hybridized carbons (Fsp3) is 0.652. The molecule has 3 N–H and O–H groups in total. The first kappa shape index (κ1) is 24.1. The smallest absolute Gasteiger partial charge is 0.223 e. The van der Waals surface area contributed by atoms with E-state index in [4.69, 9.17) is 4.99 Å². The van der Waals surface area contributed by atoms with Crippen molar-refractivity contribution in [2.75, 3.05) is 20.6 Å². The number of rotatable bonds is 8. The molecule has 2 rings (SSSR count). The zero-order valence-electron chi connectivity index (χ0n) is 19.1. The number of carbonyl (C=O) groups is 1. The Morgan fingerprint density at radius 2 is 2.07 bits per heavy atom. The van der Waals surface area contributed by atoms with Gasteiger partial charge in [-0.2, -0.15) is 0 Å². The first-order valence-electron chi connectivity index (χ1n) is 11.1. The van der Waals surface area contributed by atoms with Crippen molar-refractivity contribution in [3.8, 4) is 0 Å². The van der Waals surface area contributed by atoms with Gasteiger partial charge in [0.15, 0.2) is 5.96 Å². The van der Waals surface area contributed by atoms with Crippen LogP contribution in [0, 0.1) is 11.7 Å². The van der Waals surface area contributed by atoms with E-state index < -0.39 is 0 Å². The van der Waals surface area contributed by atoms with E-state index in [-0.39, 0.29) is 29.7 Å². The molecule has 1 aromatic rings. The second-order valence-electron chi connectivity index (χ2n) is 8.73. The maximum absolute atomic E-state index is 14.0. The lowest BCUT2D eigenvalue weighted by Gasteiger charge is -2.30. The summed E-state index contributed by atoms with van der Waals surface area (Å²) in [7, 11) is 3.85. The molecule has 7 heteroatoms. The van der Waals surface area contributed by atoms with Gasteiger partial charge in [0.25, 0.3) is 0 Å². The number of guanidine groups is 1. The number of hydrogen-bond donors (Lipinski definition) is 3. The van der Waals surface area contributed by atoms with E-state index in [2.05, 4.69) is 16.0 Å². The predicted octanol–water partition coefficient (Wildman–Crippen LogP) is 3.03. The number of amides is 1. The molecular weight excluding hydrogens is 381 g/mol. The molecule has 0 spiro atoms. The Hall–Kier alpha value is -2.15. The van der Waals surface area contributed by atoms with Crippen molar-refractivity contribution in [1.82, 2.24) is 20.9 Å². The summed E-state index contributed by atoms with van der Waals surface area (Å²) in [6.45, 7) is 7.80. The van der Waals surface area contributed by atoms with Crippen molar-refractivity contribution >= 4 is 11.9 Å². The van der Waals surface area contributed by atoms with Crippen molar-refractivity contribution in [3.05, 3.63) is 35.1 Å². The van der Waals surface area contributed by atoms with Crippen molar-refractivity contribution in [1.29, 1.82) is 0 Å². The summed E-state index contributed by atoms with van der Waals surface area (Å²) in [5, 5.41) is 9.83. The number of benzene rings is 1. The van der Waals surface area contributed by atoms with Gasteiger partial charge in [0, 0.05) is 36.7 Å². The van der Waals surface area contributed by atoms with Crippen LogP contribution < -0.4 is 16.0 Å². The fourth-order valence-electron chi connectivity index (χ4n) is 3.83. The number of hydrogen-bond acceptors (Lipinski definition) is 3. The van der Waals surface area contributed by atoms with Crippen molar-refractivity contribution in [2.24, 2.45) is 10.9 Å². The van der Waals surface area contributed by atoms with Crippen LogP contribution in [0.5, 0.6) is 0 Å². The number of nitrogens with zero attached hydrogens (tertiary/aromatic N) is 2. The number of aliphatic imine (C=N–C) groups is 1. The van der Waals surface area contributed by atoms with E-state index in [1.54, 1.807) is 6.07 Å². The van der Waals surface area contributed by atoms with Crippen LogP contribution in [0.1, 0.15) is 57.6 Å². The minimum atomic E-state index is -0.186. The highest BCUT2D eigenvalue weighted by Gasteiger charge is 2.28. The number of carbonyl (C=O) groups excluding carboxylic acids is 1. The summed E-state index contributed by atoms with van der Waals surface area (Å²) >= 11 is 0. The molecule has 1 fully saturated rings. The highest BCUT2D eigenvalue weighted by Crippen LogP contribution is 2.24. The Morgan fingerprint density at radius 3 is 2.73 bits per heavy atom. The SMILES string of the molecule is CCNC(=NCc1ccc(F)c(CN(C)C)c1)NC1CCCC(C(=O)NC(C)C)C1. The molecule has 168 valence electrons. The minimum Gasteiger partial charge on any atom is -0.357 e. The lowest BCUT2D eigenvalue weighted by molar-refractivity contribution is -0.126. The third kappa shape index (κ3) is 7.94. The normalized spacial score (nSPS) is 19.8. The van der Waals surface area contributed by atoms with Crippen molar-refractivity contribution in [3.63, 3.8) is 0 Å². The van der Waals surface area contributed by atoms with Gasteiger partial charge in [-0.25, -0.2) is 9.38 Å². The lowest BCUT2D eigenvalue weighted by atomic mass is 9.85. The zero-order valence-corrected chi connectivity index (χ0v) is 19.1. The molecule has 1 aromatic carbocycles. The Kier molecular flexibility index (Phi) is 9.56. The predicted molar refractivity (Wildman–Crippen MR) is 121 cm³/mol. The molecule has 1 saturated carbocycles. The summed E-state index contributed by atoms with van der Waals surface area (Å²) in [4.78, 5) is 19.0. The van der Waals surface area contributed by atoms with Crippen molar-refractivity contribution < 1.29 is 9.18 Å². The molecule has 0 radical (unpaired) electrons. The molecule has 6 nitrogen and oxygen atoms in total.